The van der Waals surface area contributed by atoms with Crippen molar-refractivity contribution in [3.8, 4) is 5.75 Å². The van der Waals surface area contributed by atoms with Crippen LogP contribution in [0, 0.1) is 0 Å². The Morgan fingerprint density at radius 3 is 2.50 bits per heavy atom. The van der Waals surface area contributed by atoms with Gasteiger partial charge < -0.3 is 14.7 Å². The first-order valence-electron chi connectivity index (χ1n) is 9.69. The summed E-state index contributed by atoms with van der Waals surface area (Å²) in [5.74, 6) is 0.372. The molecular formula is C24H27NO3. The van der Waals surface area contributed by atoms with E-state index in [2.05, 4.69) is 30.3 Å². The van der Waals surface area contributed by atoms with Gasteiger partial charge in [-0.3, -0.25) is 4.79 Å². The van der Waals surface area contributed by atoms with Crippen LogP contribution in [-0.2, 0) is 11.2 Å². The van der Waals surface area contributed by atoms with Crippen molar-refractivity contribution in [3.63, 3.8) is 0 Å². The van der Waals surface area contributed by atoms with Gasteiger partial charge in [0, 0.05) is 19.2 Å². The zero-order valence-corrected chi connectivity index (χ0v) is 16.5. The maximum atomic E-state index is 13.2. The summed E-state index contributed by atoms with van der Waals surface area (Å²) in [7, 11) is 1.83. The second kappa shape index (κ2) is 9.38. The monoisotopic (exact) mass is 377 g/mol. The zero-order chi connectivity index (χ0) is 19.9. The quantitative estimate of drug-likeness (QED) is 0.645. The van der Waals surface area contributed by atoms with Crippen molar-refractivity contribution in [1.29, 1.82) is 0 Å². The highest BCUT2D eigenvalue weighted by atomic mass is 16.5. The van der Waals surface area contributed by atoms with Crippen molar-refractivity contribution in [2.24, 2.45) is 0 Å². The Morgan fingerprint density at radius 2 is 1.75 bits per heavy atom. The van der Waals surface area contributed by atoms with Gasteiger partial charge in [0.15, 0.2) is 0 Å². The van der Waals surface area contributed by atoms with Crippen molar-refractivity contribution >= 4 is 16.7 Å². The largest absolute Gasteiger partial charge is 0.491 e. The van der Waals surface area contributed by atoms with E-state index in [1.54, 1.807) is 4.90 Å². The van der Waals surface area contributed by atoms with Gasteiger partial charge in [-0.25, -0.2) is 0 Å². The number of benzene rings is 3. The van der Waals surface area contributed by atoms with Gasteiger partial charge in [-0.05, 0) is 35.7 Å². The third kappa shape index (κ3) is 4.52. The predicted octanol–water partition coefficient (Wildman–Crippen LogP) is 4.02. The Kier molecular flexibility index (Phi) is 6.66. The summed E-state index contributed by atoms with van der Waals surface area (Å²) in [4.78, 5) is 14.9. The lowest BCUT2D eigenvalue weighted by Gasteiger charge is -2.25. The number of carbonyl (C=O) groups excluding carboxylic acids is 1. The molecule has 28 heavy (non-hydrogen) atoms. The molecule has 3 aromatic rings. The number of rotatable bonds is 8. The molecule has 0 spiro atoms. The Labute approximate surface area is 166 Å². The number of hydrogen-bond donors (Lipinski definition) is 1. The van der Waals surface area contributed by atoms with E-state index in [-0.39, 0.29) is 25.0 Å². The molecular weight excluding hydrogens is 350 g/mol. The number of hydrogen-bond acceptors (Lipinski definition) is 3. The van der Waals surface area contributed by atoms with Crippen LogP contribution in [0.2, 0.25) is 0 Å². The van der Waals surface area contributed by atoms with Crippen LogP contribution in [0.3, 0.4) is 0 Å². The number of aliphatic hydroxyl groups is 1. The highest BCUT2D eigenvalue weighted by Gasteiger charge is 2.26. The highest BCUT2D eigenvalue weighted by Crippen LogP contribution is 2.31. The number of aliphatic hydroxyl groups excluding tert-OH is 1. The van der Waals surface area contributed by atoms with E-state index in [1.165, 1.54) is 10.8 Å². The van der Waals surface area contributed by atoms with Gasteiger partial charge in [0.05, 0.1) is 12.5 Å². The maximum Gasteiger partial charge on any atom is 0.230 e. The van der Waals surface area contributed by atoms with E-state index in [9.17, 15) is 4.79 Å². The zero-order valence-electron chi connectivity index (χ0n) is 16.5. The average Bonchev–Trinajstić information content (AvgIpc) is 2.75. The van der Waals surface area contributed by atoms with E-state index in [0.717, 1.165) is 11.1 Å². The smallest absolute Gasteiger partial charge is 0.230 e. The molecule has 4 nitrogen and oxygen atoms in total. The van der Waals surface area contributed by atoms with E-state index in [0.29, 0.717) is 18.7 Å². The molecule has 1 N–H and O–H groups in total. The summed E-state index contributed by atoms with van der Waals surface area (Å²) in [5.41, 5.74) is 1.97. The van der Waals surface area contributed by atoms with Crippen molar-refractivity contribution in [3.05, 3.63) is 77.9 Å². The second-order valence-corrected chi connectivity index (χ2v) is 6.90. The van der Waals surface area contributed by atoms with Gasteiger partial charge in [0.2, 0.25) is 5.91 Å². The average molecular weight is 377 g/mol. The van der Waals surface area contributed by atoms with E-state index >= 15 is 0 Å². The number of ether oxygens (including phenoxy) is 1. The predicted molar refractivity (Wildman–Crippen MR) is 113 cm³/mol. The molecule has 0 bridgehead atoms. The number of carbonyl (C=O) groups is 1. The summed E-state index contributed by atoms with van der Waals surface area (Å²) in [6, 6.07) is 22.2. The second-order valence-electron chi connectivity index (χ2n) is 6.90. The summed E-state index contributed by atoms with van der Waals surface area (Å²) in [5, 5.41) is 11.5. The van der Waals surface area contributed by atoms with Crippen LogP contribution in [0.5, 0.6) is 5.75 Å². The van der Waals surface area contributed by atoms with Gasteiger partial charge in [-0.15, -0.1) is 0 Å². The summed E-state index contributed by atoms with van der Waals surface area (Å²) >= 11 is 0. The van der Waals surface area contributed by atoms with Gasteiger partial charge in [-0.1, -0.05) is 60.7 Å². The lowest BCUT2D eigenvalue weighted by Crippen LogP contribution is -2.32. The molecule has 1 atom stereocenters. The molecule has 3 rings (SSSR count). The van der Waals surface area contributed by atoms with Crippen LogP contribution in [-0.4, -0.2) is 42.7 Å². The fourth-order valence-corrected chi connectivity index (χ4v) is 3.41. The van der Waals surface area contributed by atoms with Gasteiger partial charge in [0.25, 0.3) is 0 Å². The Bertz CT molecular complexity index is 938. The lowest BCUT2D eigenvalue weighted by molar-refractivity contribution is -0.131. The fraction of sp³-hybridized carbons (Fsp3) is 0.292. The van der Waals surface area contributed by atoms with Gasteiger partial charge >= 0.3 is 0 Å². The standard InChI is InChI=1S/C24H27NO3/c1-3-25(2)24(27)22(21-10-6-7-11-23(21)28-15-14-26)17-18-12-13-19-8-4-5-9-20(19)16-18/h4-13,16,22,26H,3,14-15,17H2,1-2H3. The lowest BCUT2D eigenvalue weighted by atomic mass is 9.89. The number of amides is 1. The molecule has 3 aromatic carbocycles. The number of fused-ring (bicyclic) bond motifs is 1. The van der Waals surface area contributed by atoms with E-state index in [4.69, 9.17) is 9.84 Å². The molecule has 0 aromatic heterocycles. The topological polar surface area (TPSA) is 49.8 Å². The third-order valence-electron chi connectivity index (χ3n) is 5.05. The van der Waals surface area contributed by atoms with Gasteiger partial charge in [-0.2, -0.15) is 0 Å². The molecule has 0 saturated carbocycles. The number of para-hydroxylation sites is 1. The minimum atomic E-state index is -0.346. The molecule has 0 aliphatic rings. The van der Waals surface area contributed by atoms with Crippen LogP contribution in [0.15, 0.2) is 66.7 Å². The molecule has 0 aliphatic carbocycles. The maximum absolute atomic E-state index is 13.2. The van der Waals surface area contributed by atoms with Crippen LogP contribution >= 0.6 is 0 Å². The van der Waals surface area contributed by atoms with Crippen LogP contribution in [0.1, 0.15) is 24.0 Å². The molecule has 1 amide bonds. The SMILES string of the molecule is CCN(C)C(=O)C(Cc1ccc2ccccc2c1)c1ccccc1OCCO. The molecule has 0 fully saturated rings. The molecule has 146 valence electrons. The van der Waals surface area contributed by atoms with E-state index < -0.39 is 0 Å². The normalized spacial score (nSPS) is 12.0. The highest BCUT2D eigenvalue weighted by molar-refractivity contribution is 5.86. The Morgan fingerprint density at radius 1 is 1.04 bits per heavy atom. The molecule has 0 radical (unpaired) electrons. The minimum absolute atomic E-state index is 0.0630. The number of nitrogens with zero attached hydrogens (tertiary/aromatic N) is 1. The third-order valence-corrected chi connectivity index (χ3v) is 5.05. The molecule has 4 heteroatoms. The summed E-state index contributed by atoms with van der Waals surface area (Å²) in [6.45, 7) is 2.76. The van der Waals surface area contributed by atoms with Crippen molar-refractivity contribution in [1.82, 2.24) is 4.90 Å². The van der Waals surface area contributed by atoms with E-state index in [1.807, 2.05) is 50.4 Å². The molecule has 0 aliphatic heterocycles. The van der Waals surface area contributed by atoms with Crippen molar-refractivity contribution in [2.45, 2.75) is 19.3 Å². The van der Waals surface area contributed by atoms with Crippen molar-refractivity contribution < 1.29 is 14.6 Å². The van der Waals surface area contributed by atoms with Crippen LogP contribution < -0.4 is 4.74 Å². The Hall–Kier alpha value is -2.85. The summed E-state index contributed by atoms with van der Waals surface area (Å²) in [6.07, 6.45) is 0.591. The van der Waals surface area contributed by atoms with Crippen molar-refractivity contribution in [2.75, 3.05) is 26.8 Å². The van der Waals surface area contributed by atoms with Crippen LogP contribution in [0.25, 0.3) is 10.8 Å². The fourth-order valence-electron chi connectivity index (χ4n) is 3.41. The molecule has 0 saturated heterocycles. The molecule has 0 heterocycles. The summed E-state index contributed by atoms with van der Waals surface area (Å²) < 4.78 is 5.72. The first kappa shape index (κ1) is 19.9. The number of likely N-dealkylation sites (N-methyl/N-ethyl adjacent to an activating group) is 1. The first-order valence-corrected chi connectivity index (χ1v) is 9.69. The van der Waals surface area contributed by atoms with Crippen LogP contribution in [0.4, 0.5) is 0 Å². The Balaban J connectivity index is 1.98. The molecule has 1 unspecified atom stereocenters. The van der Waals surface area contributed by atoms with Gasteiger partial charge in [0.1, 0.15) is 12.4 Å². The first-order chi connectivity index (χ1) is 13.6. The minimum Gasteiger partial charge on any atom is -0.491 e.